The molecule has 4 N–H and O–H groups in total. The minimum Gasteiger partial charge on any atom is -0.494 e. The molecule has 2 fully saturated rings. The van der Waals surface area contributed by atoms with Gasteiger partial charge in [0.15, 0.2) is 11.6 Å². The van der Waals surface area contributed by atoms with Gasteiger partial charge in [-0.2, -0.15) is 0 Å². The third-order valence-corrected chi connectivity index (χ3v) is 6.78. The van der Waals surface area contributed by atoms with E-state index in [1.165, 1.54) is 0 Å². The van der Waals surface area contributed by atoms with Crippen LogP contribution in [0.15, 0.2) is 20.2 Å². The number of morpholine rings is 1. The fourth-order valence-corrected chi connectivity index (χ4v) is 5.09. The first-order valence-electron chi connectivity index (χ1n) is 12.2. The number of halogens is 1. The molecule has 2 aromatic heterocycles. The highest BCUT2D eigenvalue weighted by molar-refractivity contribution is 5.92. The molecule has 0 aliphatic carbocycles. The van der Waals surface area contributed by atoms with E-state index in [-0.39, 0.29) is 35.5 Å². The normalized spacial score (nSPS) is 21.2. The molecule has 1 aromatic carbocycles. The molecular weight excluding hydrogens is 473 g/mol. The van der Waals surface area contributed by atoms with Gasteiger partial charge in [-0.3, -0.25) is 14.8 Å². The Balaban J connectivity index is 1.58. The van der Waals surface area contributed by atoms with Crippen LogP contribution in [0.5, 0.6) is 5.88 Å². The van der Waals surface area contributed by atoms with Gasteiger partial charge < -0.3 is 29.3 Å². The third-order valence-electron chi connectivity index (χ3n) is 6.78. The number of rotatable bonds is 6. The van der Waals surface area contributed by atoms with Crippen molar-refractivity contribution in [3.05, 3.63) is 43.8 Å². The maximum atomic E-state index is 16.1. The van der Waals surface area contributed by atoms with Crippen molar-refractivity contribution >= 4 is 22.5 Å². The van der Waals surface area contributed by atoms with Crippen LogP contribution in [-0.4, -0.2) is 65.3 Å². The van der Waals surface area contributed by atoms with Crippen LogP contribution in [0, 0.1) is 11.7 Å². The van der Waals surface area contributed by atoms with Crippen LogP contribution in [0.25, 0.3) is 11.0 Å². The molecule has 4 heterocycles. The number of fused-ring (bicyclic) bond motifs is 1. The van der Waals surface area contributed by atoms with Crippen molar-refractivity contribution in [2.24, 2.45) is 5.92 Å². The van der Waals surface area contributed by atoms with Crippen LogP contribution in [0.4, 0.5) is 15.9 Å². The van der Waals surface area contributed by atoms with Crippen LogP contribution in [0.2, 0.25) is 0 Å². The molecule has 2 aliphatic heterocycles. The number of H-pyrrole nitrogens is 2. The van der Waals surface area contributed by atoms with E-state index in [0.29, 0.717) is 55.5 Å². The Bertz CT molecular complexity index is 1350. The first-order chi connectivity index (χ1) is 17.3. The highest BCUT2D eigenvalue weighted by Gasteiger charge is 2.30. The second-order valence-corrected chi connectivity index (χ2v) is 9.62. The largest absolute Gasteiger partial charge is 0.494 e. The predicted octanol–water partition coefficient (Wildman–Crippen LogP) is 2.09. The Morgan fingerprint density at radius 3 is 2.61 bits per heavy atom. The average molecular weight is 504 g/mol. The predicted molar refractivity (Wildman–Crippen MR) is 130 cm³/mol. The maximum absolute atomic E-state index is 16.1. The number of hydrogen-bond donors (Lipinski definition) is 4. The SMILES string of the molecule is CC1CN(c2c(Cc3c(O)[nH]c(=O)[nH]c3=O)cc3c(NCC4CCOCC4)noc3c2F)CC(C)O1. The van der Waals surface area contributed by atoms with Crippen LogP contribution in [0.3, 0.4) is 0 Å². The lowest BCUT2D eigenvalue weighted by atomic mass is 9.99. The van der Waals surface area contributed by atoms with Crippen LogP contribution in [-0.2, 0) is 15.9 Å². The summed E-state index contributed by atoms with van der Waals surface area (Å²) in [5.41, 5.74) is -0.924. The molecule has 12 heteroatoms. The molecule has 36 heavy (non-hydrogen) atoms. The first-order valence-corrected chi connectivity index (χ1v) is 12.2. The second kappa shape index (κ2) is 9.94. The highest BCUT2D eigenvalue weighted by Crippen LogP contribution is 2.37. The van der Waals surface area contributed by atoms with E-state index in [4.69, 9.17) is 14.0 Å². The van der Waals surface area contributed by atoms with Gasteiger partial charge in [0.05, 0.1) is 28.8 Å². The lowest BCUT2D eigenvalue weighted by molar-refractivity contribution is -0.00543. The van der Waals surface area contributed by atoms with Crippen molar-refractivity contribution < 1.29 is 23.5 Å². The van der Waals surface area contributed by atoms with E-state index in [1.807, 2.05) is 18.7 Å². The standard InChI is InChI=1S/C24H30FN5O6/c1-12-10-30(11-13(2)35-12)19-15(8-17-22(31)27-24(33)28-23(17)32)7-16-20(18(19)25)36-29-21(16)26-9-14-3-5-34-6-4-14/h7,12-14H,3-6,8-11H2,1-2H3,(H,26,29)(H3,27,28,31,32,33). The smallest absolute Gasteiger partial charge is 0.328 e. The van der Waals surface area contributed by atoms with Crippen molar-refractivity contribution in [3.63, 3.8) is 0 Å². The molecule has 3 aromatic rings. The van der Waals surface area contributed by atoms with Gasteiger partial charge in [-0.05, 0) is 44.2 Å². The molecule has 0 bridgehead atoms. The Morgan fingerprint density at radius 2 is 1.92 bits per heavy atom. The summed E-state index contributed by atoms with van der Waals surface area (Å²) in [5.74, 6) is -0.341. The molecule has 11 nitrogen and oxygen atoms in total. The number of benzene rings is 1. The van der Waals surface area contributed by atoms with Crippen LogP contribution < -0.4 is 21.5 Å². The lowest BCUT2D eigenvalue weighted by Crippen LogP contribution is -2.46. The zero-order chi connectivity index (χ0) is 25.4. The Morgan fingerprint density at radius 1 is 1.19 bits per heavy atom. The van der Waals surface area contributed by atoms with Crippen molar-refractivity contribution in [2.75, 3.05) is 43.1 Å². The number of anilines is 2. The van der Waals surface area contributed by atoms with E-state index in [1.54, 1.807) is 6.07 Å². The fraction of sp³-hybridized carbons (Fsp3) is 0.542. The van der Waals surface area contributed by atoms with Crippen molar-refractivity contribution in [1.82, 2.24) is 15.1 Å². The highest BCUT2D eigenvalue weighted by atomic mass is 19.1. The molecule has 2 saturated heterocycles. The van der Waals surface area contributed by atoms with Gasteiger partial charge in [-0.1, -0.05) is 5.16 Å². The molecule has 2 unspecified atom stereocenters. The number of nitrogens with one attached hydrogen (secondary N) is 3. The molecule has 2 atom stereocenters. The van der Waals surface area contributed by atoms with Gasteiger partial charge in [-0.15, -0.1) is 0 Å². The lowest BCUT2D eigenvalue weighted by Gasteiger charge is -2.38. The van der Waals surface area contributed by atoms with Crippen molar-refractivity contribution in [2.45, 2.75) is 45.3 Å². The van der Waals surface area contributed by atoms with Gasteiger partial charge in [0.2, 0.25) is 11.5 Å². The quantitative estimate of drug-likeness (QED) is 0.397. The van der Waals surface area contributed by atoms with Crippen LogP contribution in [0.1, 0.15) is 37.8 Å². The van der Waals surface area contributed by atoms with Gasteiger partial charge in [-0.25, -0.2) is 9.18 Å². The van der Waals surface area contributed by atoms with Gasteiger partial charge >= 0.3 is 5.69 Å². The first kappa shape index (κ1) is 24.3. The Hall–Kier alpha value is -3.38. The Kier molecular flexibility index (Phi) is 6.71. The molecule has 0 radical (unpaired) electrons. The summed E-state index contributed by atoms with van der Waals surface area (Å²) in [5, 5.41) is 18.1. The average Bonchev–Trinajstić information content (AvgIpc) is 3.23. The van der Waals surface area contributed by atoms with Crippen molar-refractivity contribution in [1.29, 1.82) is 0 Å². The number of aromatic nitrogens is 3. The Labute approximate surface area is 205 Å². The van der Waals surface area contributed by atoms with Gasteiger partial charge in [0, 0.05) is 39.3 Å². The van der Waals surface area contributed by atoms with Gasteiger partial charge in [0.1, 0.15) is 0 Å². The summed E-state index contributed by atoms with van der Waals surface area (Å²) in [6.07, 6.45) is 1.44. The zero-order valence-electron chi connectivity index (χ0n) is 20.2. The maximum Gasteiger partial charge on any atom is 0.328 e. The number of nitrogens with zero attached hydrogens (tertiary/aromatic N) is 2. The monoisotopic (exact) mass is 503 g/mol. The van der Waals surface area contributed by atoms with Crippen LogP contribution >= 0.6 is 0 Å². The number of aromatic amines is 2. The van der Waals surface area contributed by atoms with E-state index in [2.05, 4.69) is 20.4 Å². The topological polar surface area (TPSA) is 146 Å². The summed E-state index contributed by atoms with van der Waals surface area (Å²) >= 11 is 0. The van der Waals surface area contributed by atoms with E-state index in [9.17, 15) is 14.7 Å². The molecule has 0 saturated carbocycles. The van der Waals surface area contributed by atoms with Crippen molar-refractivity contribution in [3.8, 4) is 5.88 Å². The molecule has 194 valence electrons. The summed E-state index contributed by atoms with van der Waals surface area (Å²) in [4.78, 5) is 30.2. The summed E-state index contributed by atoms with van der Waals surface area (Å²) in [7, 11) is 0. The van der Waals surface area contributed by atoms with Gasteiger partial charge in [0.25, 0.3) is 5.56 Å². The number of hydrogen-bond acceptors (Lipinski definition) is 9. The summed E-state index contributed by atoms with van der Waals surface area (Å²) < 4.78 is 32.7. The number of aromatic hydroxyl groups is 1. The molecule has 0 spiro atoms. The minimum atomic E-state index is -0.822. The fourth-order valence-electron chi connectivity index (χ4n) is 5.09. The zero-order valence-corrected chi connectivity index (χ0v) is 20.2. The van der Waals surface area contributed by atoms with E-state index in [0.717, 1.165) is 12.8 Å². The minimum absolute atomic E-state index is 0.00891. The van der Waals surface area contributed by atoms with E-state index >= 15 is 4.39 Å². The second-order valence-electron chi connectivity index (χ2n) is 9.62. The molecule has 2 aliphatic rings. The molecule has 5 rings (SSSR count). The summed E-state index contributed by atoms with van der Waals surface area (Å²) in [6.45, 7) is 6.73. The van der Waals surface area contributed by atoms with E-state index < -0.39 is 22.9 Å². The third kappa shape index (κ3) is 4.82. The molecule has 0 amide bonds. The molecular formula is C24H30FN5O6. The number of ether oxygens (including phenoxy) is 2. The summed E-state index contributed by atoms with van der Waals surface area (Å²) in [6, 6.07) is 1.73.